The van der Waals surface area contributed by atoms with Crippen LogP contribution in [-0.4, -0.2) is 22.0 Å². The molecule has 0 aliphatic heterocycles. The summed E-state index contributed by atoms with van der Waals surface area (Å²) >= 11 is 5.87. The number of aryl methyl sites for hydroxylation is 1. The Balaban J connectivity index is 2.34. The van der Waals surface area contributed by atoms with Gasteiger partial charge in [-0.05, 0) is 52.0 Å². The first-order valence-corrected chi connectivity index (χ1v) is 7.92. The molecule has 0 bridgehead atoms. The minimum Gasteiger partial charge on any atom is -0.444 e. The molecule has 128 valence electrons. The van der Waals surface area contributed by atoms with Gasteiger partial charge in [0.05, 0.1) is 11.3 Å². The van der Waals surface area contributed by atoms with Crippen molar-refractivity contribution in [3.05, 3.63) is 52.3 Å². The van der Waals surface area contributed by atoms with Gasteiger partial charge in [0.2, 0.25) is 0 Å². The minimum atomic E-state index is -0.617. The van der Waals surface area contributed by atoms with Crippen molar-refractivity contribution < 1.29 is 14.3 Å². The van der Waals surface area contributed by atoms with Gasteiger partial charge < -0.3 is 9.30 Å². The molecular formula is C18H21ClN2O3. The molecule has 2 rings (SSSR count). The van der Waals surface area contributed by atoms with Crippen LogP contribution in [0.2, 0.25) is 5.02 Å². The summed E-state index contributed by atoms with van der Waals surface area (Å²) in [6.07, 6.45) is 1.10. The first kappa shape index (κ1) is 18.1. The standard InChI is InChI=1S/C18H21ClN2O3/c1-11-15(16(22)12-6-8-13(19)9-7-12)14(10-21(11)5)20-17(23)24-18(2,3)4/h6-10H,1-5H3,(H,20,23). The molecule has 0 spiro atoms. The van der Waals surface area contributed by atoms with Crippen LogP contribution in [0.5, 0.6) is 0 Å². The third-order valence-corrected chi connectivity index (χ3v) is 3.70. The Labute approximate surface area is 146 Å². The number of nitrogens with zero attached hydrogens (tertiary/aromatic N) is 1. The average molecular weight is 349 g/mol. The van der Waals surface area contributed by atoms with E-state index in [1.807, 2.05) is 14.0 Å². The Morgan fingerprint density at radius 3 is 2.29 bits per heavy atom. The summed E-state index contributed by atoms with van der Waals surface area (Å²) in [5.41, 5.74) is 1.49. The van der Waals surface area contributed by atoms with Gasteiger partial charge in [-0.3, -0.25) is 10.1 Å². The number of rotatable bonds is 3. The number of aromatic nitrogens is 1. The van der Waals surface area contributed by atoms with Gasteiger partial charge >= 0.3 is 6.09 Å². The van der Waals surface area contributed by atoms with E-state index in [0.29, 0.717) is 21.8 Å². The van der Waals surface area contributed by atoms with Gasteiger partial charge in [0, 0.05) is 29.5 Å². The maximum absolute atomic E-state index is 12.8. The fourth-order valence-electron chi connectivity index (χ4n) is 2.27. The van der Waals surface area contributed by atoms with E-state index >= 15 is 0 Å². The van der Waals surface area contributed by atoms with E-state index in [-0.39, 0.29) is 5.78 Å². The van der Waals surface area contributed by atoms with Gasteiger partial charge in [-0.15, -0.1) is 0 Å². The van der Waals surface area contributed by atoms with Crippen molar-refractivity contribution in [1.29, 1.82) is 0 Å². The number of ketones is 1. The molecule has 1 amide bonds. The number of hydrogen-bond acceptors (Lipinski definition) is 3. The molecule has 1 N–H and O–H groups in total. The molecule has 6 heteroatoms. The van der Waals surface area contributed by atoms with Crippen molar-refractivity contribution >= 4 is 29.2 Å². The molecule has 0 fully saturated rings. The van der Waals surface area contributed by atoms with Gasteiger partial charge in [0.25, 0.3) is 0 Å². The normalized spacial score (nSPS) is 11.2. The summed E-state index contributed by atoms with van der Waals surface area (Å²) in [7, 11) is 1.81. The predicted octanol–water partition coefficient (Wildman–Crippen LogP) is 4.56. The van der Waals surface area contributed by atoms with Gasteiger partial charge in [-0.25, -0.2) is 4.79 Å². The molecule has 5 nitrogen and oxygen atoms in total. The first-order chi connectivity index (χ1) is 11.1. The molecule has 0 atom stereocenters. The highest BCUT2D eigenvalue weighted by Gasteiger charge is 2.23. The number of anilines is 1. The lowest BCUT2D eigenvalue weighted by Crippen LogP contribution is -2.27. The average Bonchev–Trinajstić information content (AvgIpc) is 2.71. The number of halogens is 1. The monoisotopic (exact) mass is 348 g/mol. The number of amides is 1. The van der Waals surface area contributed by atoms with Crippen LogP contribution in [0.1, 0.15) is 42.4 Å². The molecule has 0 saturated heterocycles. The Bertz CT molecular complexity index is 771. The van der Waals surface area contributed by atoms with Crippen LogP contribution in [0.4, 0.5) is 10.5 Å². The zero-order valence-electron chi connectivity index (χ0n) is 14.4. The molecule has 0 radical (unpaired) electrons. The Morgan fingerprint density at radius 2 is 1.75 bits per heavy atom. The molecule has 1 aromatic heterocycles. The van der Waals surface area contributed by atoms with Gasteiger partial charge in [0.15, 0.2) is 5.78 Å². The molecular weight excluding hydrogens is 328 g/mol. The Kier molecular flexibility index (Phi) is 5.04. The zero-order valence-corrected chi connectivity index (χ0v) is 15.2. The summed E-state index contributed by atoms with van der Waals surface area (Å²) < 4.78 is 7.05. The van der Waals surface area contributed by atoms with Crippen LogP contribution in [0.15, 0.2) is 30.5 Å². The highest BCUT2D eigenvalue weighted by Crippen LogP contribution is 2.26. The SMILES string of the molecule is Cc1c(C(=O)c2ccc(Cl)cc2)c(NC(=O)OC(C)(C)C)cn1C. The highest BCUT2D eigenvalue weighted by molar-refractivity contribution is 6.30. The molecule has 0 aliphatic carbocycles. The van der Waals surface area contributed by atoms with E-state index in [9.17, 15) is 9.59 Å². The number of carbonyl (C=O) groups excluding carboxylic acids is 2. The molecule has 0 unspecified atom stereocenters. The topological polar surface area (TPSA) is 60.3 Å². The number of benzene rings is 1. The van der Waals surface area contributed by atoms with Crippen LogP contribution in [0, 0.1) is 6.92 Å². The summed E-state index contributed by atoms with van der Waals surface area (Å²) in [5, 5.41) is 3.22. The smallest absolute Gasteiger partial charge is 0.412 e. The summed E-state index contributed by atoms with van der Waals surface area (Å²) in [6.45, 7) is 7.16. The van der Waals surface area contributed by atoms with Crippen molar-refractivity contribution in [1.82, 2.24) is 4.57 Å². The third-order valence-electron chi connectivity index (χ3n) is 3.45. The number of hydrogen-bond donors (Lipinski definition) is 1. The lowest BCUT2D eigenvalue weighted by molar-refractivity contribution is 0.0636. The van der Waals surface area contributed by atoms with E-state index < -0.39 is 11.7 Å². The van der Waals surface area contributed by atoms with Crippen LogP contribution >= 0.6 is 11.6 Å². The second kappa shape index (κ2) is 6.69. The molecule has 0 saturated carbocycles. The van der Waals surface area contributed by atoms with Crippen molar-refractivity contribution in [2.24, 2.45) is 7.05 Å². The van der Waals surface area contributed by atoms with Crippen molar-refractivity contribution in [3.8, 4) is 0 Å². The van der Waals surface area contributed by atoms with E-state index in [4.69, 9.17) is 16.3 Å². The molecule has 2 aromatic rings. The van der Waals surface area contributed by atoms with Gasteiger partial charge in [-0.2, -0.15) is 0 Å². The number of ether oxygens (including phenoxy) is 1. The van der Waals surface area contributed by atoms with E-state index in [2.05, 4.69) is 5.32 Å². The zero-order chi connectivity index (χ0) is 18.1. The van der Waals surface area contributed by atoms with Gasteiger partial charge in [0.1, 0.15) is 5.60 Å². The van der Waals surface area contributed by atoms with E-state index in [0.717, 1.165) is 5.69 Å². The van der Waals surface area contributed by atoms with Crippen LogP contribution < -0.4 is 5.32 Å². The fraction of sp³-hybridized carbons (Fsp3) is 0.333. The van der Waals surface area contributed by atoms with Gasteiger partial charge in [-0.1, -0.05) is 11.6 Å². The highest BCUT2D eigenvalue weighted by atomic mass is 35.5. The molecule has 1 heterocycles. The Morgan fingerprint density at radius 1 is 1.17 bits per heavy atom. The van der Waals surface area contributed by atoms with Crippen molar-refractivity contribution in [2.75, 3.05) is 5.32 Å². The summed E-state index contributed by atoms with van der Waals surface area (Å²) in [6, 6.07) is 6.64. The first-order valence-electron chi connectivity index (χ1n) is 7.54. The largest absolute Gasteiger partial charge is 0.444 e. The predicted molar refractivity (Wildman–Crippen MR) is 94.9 cm³/mol. The Hall–Kier alpha value is -2.27. The summed E-state index contributed by atoms with van der Waals surface area (Å²) in [5.74, 6) is -0.184. The molecule has 24 heavy (non-hydrogen) atoms. The second-order valence-electron chi connectivity index (χ2n) is 6.58. The third kappa shape index (κ3) is 4.17. The summed E-state index contributed by atoms with van der Waals surface area (Å²) in [4.78, 5) is 24.9. The van der Waals surface area contributed by atoms with Crippen molar-refractivity contribution in [2.45, 2.75) is 33.3 Å². The maximum Gasteiger partial charge on any atom is 0.412 e. The van der Waals surface area contributed by atoms with E-state index in [1.165, 1.54) is 0 Å². The lowest BCUT2D eigenvalue weighted by Gasteiger charge is -2.19. The second-order valence-corrected chi connectivity index (χ2v) is 7.01. The lowest BCUT2D eigenvalue weighted by atomic mass is 10.0. The minimum absolute atomic E-state index is 0.184. The quantitative estimate of drug-likeness (QED) is 0.827. The molecule has 0 aliphatic rings. The van der Waals surface area contributed by atoms with Crippen LogP contribution in [0.25, 0.3) is 0 Å². The van der Waals surface area contributed by atoms with Crippen LogP contribution in [-0.2, 0) is 11.8 Å². The van der Waals surface area contributed by atoms with Crippen LogP contribution in [0.3, 0.4) is 0 Å². The maximum atomic E-state index is 12.8. The molecule has 1 aromatic carbocycles. The fourth-order valence-corrected chi connectivity index (χ4v) is 2.39. The van der Waals surface area contributed by atoms with E-state index in [1.54, 1.807) is 55.8 Å². The number of nitrogens with one attached hydrogen (secondary N) is 1. The number of carbonyl (C=O) groups is 2. The van der Waals surface area contributed by atoms with Crippen molar-refractivity contribution in [3.63, 3.8) is 0 Å².